The van der Waals surface area contributed by atoms with Crippen LogP contribution in [0.3, 0.4) is 0 Å². The Bertz CT molecular complexity index is 1040. The van der Waals surface area contributed by atoms with E-state index in [-0.39, 0.29) is 23.5 Å². The van der Waals surface area contributed by atoms with Crippen molar-refractivity contribution in [1.82, 2.24) is 0 Å². The Labute approximate surface area is 180 Å². The van der Waals surface area contributed by atoms with Crippen LogP contribution in [0.4, 0.5) is 55.3 Å². The summed E-state index contributed by atoms with van der Waals surface area (Å²) in [5.41, 5.74) is -9.92. The molecule has 0 spiro atoms. The molecule has 0 saturated carbocycles. The number of nitrogens with one attached hydrogen (secondary N) is 2. The molecule has 0 aromatic heterocycles. The smallest absolute Gasteiger partial charge is 0.386 e. The van der Waals surface area contributed by atoms with Crippen molar-refractivity contribution >= 4 is 17.3 Å². The van der Waals surface area contributed by atoms with Gasteiger partial charge < -0.3 is 10.6 Å². The predicted octanol–water partition coefficient (Wildman–Crippen LogP) is 6.66. The lowest BCUT2D eigenvalue weighted by molar-refractivity contribution is -0.389. The van der Waals surface area contributed by atoms with Crippen LogP contribution in [-0.2, 0) is 5.67 Å². The number of hydrogen-bond acceptors (Lipinski definition) is 2. The van der Waals surface area contributed by atoms with E-state index in [0.29, 0.717) is 0 Å². The van der Waals surface area contributed by atoms with Gasteiger partial charge in [0.2, 0.25) is 0 Å². The molecular formula is C20H16F10N2O. The maximum Gasteiger partial charge on any atom is 0.457 e. The highest BCUT2D eigenvalue weighted by atomic mass is 19.4. The predicted molar refractivity (Wildman–Crippen MR) is 99.7 cm³/mol. The molecule has 1 atom stereocenters. The molecule has 33 heavy (non-hydrogen) atoms. The molecule has 0 aliphatic rings. The first-order chi connectivity index (χ1) is 14.9. The van der Waals surface area contributed by atoms with Gasteiger partial charge in [0.25, 0.3) is 5.91 Å². The molecular weight excluding hydrogens is 474 g/mol. The Kier molecular flexibility index (Phi) is 6.70. The second-order valence-corrected chi connectivity index (χ2v) is 7.08. The third kappa shape index (κ3) is 4.32. The normalized spacial score (nSPS) is 14.6. The minimum atomic E-state index is -6.86. The second kappa shape index (κ2) is 8.41. The second-order valence-electron chi connectivity index (χ2n) is 7.08. The number of alkyl halides is 9. The molecule has 0 radical (unpaired) electrons. The third-order valence-corrected chi connectivity index (χ3v) is 4.86. The van der Waals surface area contributed by atoms with Gasteiger partial charge >= 0.3 is 23.9 Å². The highest BCUT2D eigenvalue weighted by molar-refractivity contribution is 6.05. The van der Waals surface area contributed by atoms with E-state index in [1.54, 1.807) is 0 Å². The fourth-order valence-electron chi connectivity index (χ4n) is 3.16. The van der Waals surface area contributed by atoms with Crippen LogP contribution in [0.1, 0.15) is 27.0 Å². The summed E-state index contributed by atoms with van der Waals surface area (Å²) in [6.07, 6.45) is -13.5. The van der Waals surface area contributed by atoms with E-state index in [4.69, 9.17) is 0 Å². The summed E-state index contributed by atoms with van der Waals surface area (Å²) in [7, 11) is 1.37. The highest BCUT2D eigenvalue weighted by Gasteiger charge is 2.81. The van der Waals surface area contributed by atoms with E-state index in [9.17, 15) is 48.7 Å². The van der Waals surface area contributed by atoms with Crippen molar-refractivity contribution in [2.75, 3.05) is 17.7 Å². The molecule has 0 heterocycles. The molecule has 2 aromatic rings. The number of hydrogen-bond donors (Lipinski definition) is 2. The van der Waals surface area contributed by atoms with Crippen molar-refractivity contribution in [3.05, 3.63) is 58.4 Å². The monoisotopic (exact) mass is 490 g/mol. The lowest BCUT2D eigenvalue weighted by atomic mass is 9.85. The summed E-state index contributed by atoms with van der Waals surface area (Å²) in [4.78, 5) is 12.4. The van der Waals surface area contributed by atoms with Crippen LogP contribution in [0.15, 0.2) is 30.3 Å². The lowest BCUT2D eigenvalue weighted by Crippen LogP contribution is -2.59. The van der Waals surface area contributed by atoms with E-state index in [1.807, 2.05) is 0 Å². The molecule has 2 N–H and O–H groups in total. The number of rotatable bonds is 5. The van der Waals surface area contributed by atoms with Crippen LogP contribution in [0.2, 0.25) is 0 Å². The first-order valence-corrected chi connectivity index (χ1v) is 8.99. The zero-order valence-electron chi connectivity index (χ0n) is 17.1. The number of halogens is 10. The molecule has 2 aromatic carbocycles. The fraction of sp³-hybridized carbons (Fsp3) is 0.350. The maximum atomic E-state index is 14.7. The third-order valence-electron chi connectivity index (χ3n) is 4.86. The van der Waals surface area contributed by atoms with Crippen molar-refractivity contribution in [3.63, 3.8) is 0 Å². The Morgan fingerprint density at radius 1 is 0.848 bits per heavy atom. The van der Waals surface area contributed by atoms with Gasteiger partial charge in [-0.2, -0.15) is 35.1 Å². The van der Waals surface area contributed by atoms with Crippen LogP contribution in [0.5, 0.6) is 0 Å². The molecule has 182 valence electrons. The molecule has 1 amide bonds. The van der Waals surface area contributed by atoms with Gasteiger partial charge in [-0.3, -0.25) is 4.79 Å². The number of carbonyl (C=O) groups excluding carboxylic acids is 1. The van der Waals surface area contributed by atoms with Crippen molar-refractivity contribution in [2.24, 2.45) is 0 Å². The Balaban J connectivity index is 2.59. The topological polar surface area (TPSA) is 41.1 Å². The molecule has 0 bridgehead atoms. The number of benzene rings is 2. The molecule has 3 nitrogen and oxygen atoms in total. The van der Waals surface area contributed by atoms with E-state index in [2.05, 4.69) is 10.6 Å². The van der Waals surface area contributed by atoms with Gasteiger partial charge in [0, 0.05) is 18.3 Å². The summed E-state index contributed by atoms with van der Waals surface area (Å²) in [6.45, 7) is 1.91. The van der Waals surface area contributed by atoms with Gasteiger partial charge in [0.15, 0.2) is 5.82 Å². The minimum Gasteiger partial charge on any atom is -0.386 e. The first-order valence-electron chi connectivity index (χ1n) is 8.99. The van der Waals surface area contributed by atoms with Crippen LogP contribution >= 0.6 is 0 Å². The van der Waals surface area contributed by atoms with Crippen molar-refractivity contribution in [2.45, 2.75) is 37.8 Å². The van der Waals surface area contributed by atoms with Crippen molar-refractivity contribution < 1.29 is 48.7 Å². The van der Waals surface area contributed by atoms with Crippen LogP contribution in [0, 0.1) is 19.7 Å². The zero-order chi connectivity index (χ0) is 25.6. The van der Waals surface area contributed by atoms with E-state index >= 15 is 0 Å². The molecule has 0 fully saturated rings. The van der Waals surface area contributed by atoms with Crippen LogP contribution in [-0.4, -0.2) is 31.2 Å². The van der Waals surface area contributed by atoms with Crippen molar-refractivity contribution in [1.29, 1.82) is 0 Å². The average Bonchev–Trinajstić information content (AvgIpc) is 2.68. The van der Waals surface area contributed by atoms with Gasteiger partial charge in [-0.25, -0.2) is 8.78 Å². The van der Waals surface area contributed by atoms with Gasteiger partial charge in [0.05, 0.1) is 11.3 Å². The standard InChI is InChI=1S/C20H16F10N2O/c1-9-7-11(17(22,19(25,26)27)18(23,24)20(28,29)30)8-10(2)15(9)32-16(33)12-5-4-6-13(31-3)14(12)21/h4-8,31H,1-3H3,(H,32,33). The molecule has 0 aliphatic carbocycles. The Morgan fingerprint density at radius 3 is 1.79 bits per heavy atom. The molecule has 1 unspecified atom stereocenters. The number of anilines is 2. The zero-order valence-corrected chi connectivity index (χ0v) is 17.1. The Hall–Kier alpha value is -2.99. The van der Waals surface area contributed by atoms with Crippen LogP contribution in [0.25, 0.3) is 0 Å². The van der Waals surface area contributed by atoms with E-state index in [1.165, 1.54) is 19.2 Å². The number of carbonyl (C=O) groups is 1. The largest absolute Gasteiger partial charge is 0.457 e. The molecule has 0 saturated heterocycles. The lowest BCUT2D eigenvalue weighted by Gasteiger charge is -2.36. The highest BCUT2D eigenvalue weighted by Crippen LogP contribution is 2.58. The average molecular weight is 490 g/mol. The Morgan fingerprint density at radius 2 is 1.36 bits per heavy atom. The van der Waals surface area contributed by atoms with Gasteiger partial charge in [-0.1, -0.05) is 18.2 Å². The summed E-state index contributed by atoms with van der Waals surface area (Å²) in [6, 6.07) is 3.93. The SMILES string of the molecule is CNc1cccc(C(=O)Nc2c(C)cc(C(F)(C(F)(F)F)C(F)(F)C(F)(F)F)cc2C)c1F. The number of aryl methyl sites for hydroxylation is 2. The van der Waals surface area contributed by atoms with E-state index < -0.39 is 57.9 Å². The van der Waals surface area contributed by atoms with Gasteiger partial charge in [-0.15, -0.1) is 0 Å². The fourth-order valence-corrected chi connectivity index (χ4v) is 3.16. The molecule has 2 rings (SSSR count). The van der Waals surface area contributed by atoms with Crippen LogP contribution < -0.4 is 10.6 Å². The summed E-state index contributed by atoms with van der Waals surface area (Å²) in [5, 5.41) is 4.63. The van der Waals surface area contributed by atoms with Gasteiger partial charge in [-0.05, 0) is 37.1 Å². The first kappa shape index (κ1) is 26.3. The minimum absolute atomic E-state index is 0.0618. The molecule has 13 heteroatoms. The van der Waals surface area contributed by atoms with E-state index in [0.717, 1.165) is 19.9 Å². The quantitative estimate of drug-likeness (QED) is 0.461. The maximum absolute atomic E-state index is 14.7. The summed E-state index contributed by atoms with van der Waals surface area (Å²) in [5.74, 6) is -8.89. The van der Waals surface area contributed by atoms with Crippen molar-refractivity contribution in [3.8, 4) is 0 Å². The number of amides is 1. The summed E-state index contributed by atoms with van der Waals surface area (Å²) >= 11 is 0. The summed E-state index contributed by atoms with van der Waals surface area (Å²) < 4.78 is 134. The van der Waals surface area contributed by atoms with Gasteiger partial charge in [0.1, 0.15) is 0 Å². The molecule has 0 aliphatic heterocycles.